The molecule has 0 spiro atoms. The number of nitrogens with zero attached hydrogens (tertiary/aromatic N) is 1. The molecule has 2 amide bonds. The van der Waals surface area contributed by atoms with Crippen molar-refractivity contribution in [3.63, 3.8) is 0 Å². The molecule has 2 rings (SSSR count). The number of nitriles is 1. The smallest absolute Gasteiger partial charge is 0.328 e. The molecule has 0 aliphatic carbocycles. The van der Waals surface area contributed by atoms with E-state index in [-0.39, 0.29) is 12.3 Å². The van der Waals surface area contributed by atoms with E-state index >= 15 is 0 Å². The number of carbonyl (C=O) groups excluding carboxylic acids is 3. The zero-order valence-electron chi connectivity index (χ0n) is 15.0. The molecule has 0 heterocycles. The molecule has 0 fully saturated rings. The van der Waals surface area contributed by atoms with Gasteiger partial charge in [0.1, 0.15) is 6.04 Å². The molecule has 0 aliphatic rings. The Bertz CT molecular complexity index is 885. The fraction of sp³-hybridized carbons (Fsp3) is 0.200. The molecule has 27 heavy (non-hydrogen) atoms. The largest absolute Gasteiger partial charge is 0.467 e. The zero-order chi connectivity index (χ0) is 19.8. The van der Waals surface area contributed by atoms with Crippen molar-refractivity contribution in [1.82, 2.24) is 5.32 Å². The number of esters is 1. The van der Waals surface area contributed by atoms with Gasteiger partial charge in [0.15, 0.2) is 0 Å². The van der Waals surface area contributed by atoms with Gasteiger partial charge in [-0.05, 0) is 35.9 Å². The predicted octanol–water partition coefficient (Wildman–Crippen LogP) is 2.03. The number of rotatable bonds is 6. The number of hydrogen-bond donors (Lipinski definition) is 2. The van der Waals surface area contributed by atoms with E-state index in [0.29, 0.717) is 22.4 Å². The second-order valence-electron chi connectivity index (χ2n) is 5.78. The zero-order valence-corrected chi connectivity index (χ0v) is 15.0. The van der Waals surface area contributed by atoms with Crippen LogP contribution in [0.4, 0.5) is 5.69 Å². The number of ether oxygens (including phenoxy) is 1. The lowest BCUT2D eigenvalue weighted by atomic mass is 10.0. The number of amides is 2. The van der Waals surface area contributed by atoms with Crippen molar-refractivity contribution >= 4 is 23.5 Å². The van der Waals surface area contributed by atoms with Crippen molar-refractivity contribution in [2.45, 2.75) is 19.4 Å². The summed E-state index contributed by atoms with van der Waals surface area (Å²) >= 11 is 0. The molecular formula is C20H19N3O4. The maximum Gasteiger partial charge on any atom is 0.328 e. The first-order chi connectivity index (χ1) is 12.9. The summed E-state index contributed by atoms with van der Waals surface area (Å²) < 4.78 is 4.77. The van der Waals surface area contributed by atoms with Crippen LogP contribution in [0.3, 0.4) is 0 Å². The lowest BCUT2D eigenvalue weighted by Crippen LogP contribution is -2.43. The van der Waals surface area contributed by atoms with E-state index in [0.717, 1.165) is 0 Å². The minimum atomic E-state index is -0.938. The Morgan fingerprint density at radius 3 is 2.37 bits per heavy atom. The van der Waals surface area contributed by atoms with E-state index in [1.807, 2.05) is 0 Å². The van der Waals surface area contributed by atoms with Crippen LogP contribution in [0.5, 0.6) is 0 Å². The van der Waals surface area contributed by atoms with Crippen LogP contribution in [0.25, 0.3) is 0 Å². The molecular weight excluding hydrogens is 346 g/mol. The van der Waals surface area contributed by atoms with Gasteiger partial charge >= 0.3 is 5.97 Å². The van der Waals surface area contributed by atoms with E-state index in [1.165, 1.54) is 26.2 Å². The van der Waals surface area contributed by atoms with Crippen LogP contribution in [0, 0.1) is 11.3 Å². The molecule has 1 atom stereocenters. The van der Waals surface area contributed by atoms with Crippen molar-refractivity contribution in [2.24, 2.45) is 0 Å². The molecule has 7 nitrogen and oxygen atoms in total. The summed E-state index contributed by atoms with van der Waals surface area (Å²) in [6.45, 7) is 1.39. The van der Waals surface area contributed by atoms with Gasteiger partial charge in [-0.3, -0.25) is 9.59 Å². The lowest BCUT2D eigenvalue weighted by Gasteiger charge is -2.17. The highest BCUT2D eigenvalue weighted by molar-refractivity contribution is 5.97. The third-order valence-electron chi connectivity index (χ3n) is 3.82. The number of hydrogen-bond acceptors (Lipinski definition) is 5. The molecule has 0 unspecified atom stereocenters. The first-order valence-electron chi connectivity index (χ1n) is 8.19. The summed E-state index contributed by atoms with van der Waals surface area (Å²) in [5, 5.41) is 14.4. The summed E-state index contributed by atoms with van der Waals surface area (Å²) in [6.07, 6.45) is 0.131. The first-order valence-corrected chi connectivity index (χ1v) is 8.19. The van der Waals surface area contributed by atoms with Gasteiger partial charge in [-0.1, -0.05) is 18.2 Å². The summed E-state index contributed by atoms with van der Waals surface area (Å²) in [5.41, 5.74) is 1.95. The standard InChI is InChI=1S/C20H19N3O4/c1-13(24)22-17-9-7-14(8-10-17)19(25)23-18(20(26)27-2)11-15-5-3-4-6-16(15)12-21/h3-10,18H,11H2,1-2H3,(H,22,24)(H,23,25)/t18-/m1/s1. The first kappa shape index (κ1) is 19.7. The molecule has 2 aromatic rings. The Morgan fingerprint density at radius 2 is 1.78 bits per heavy atom. The van der Waals surface area contributed by atoms with E-state index in [4.69, 9.17) is 4.74 Å². The molecule has 0 saturated carbocycles. The van der Waals surface area contributed by atoms with E-state index in [9.17, 15) is 19.6 Å². The van der Waals surface area contributed by atoms with Crippen LogP contribution >= 0.6 is 0 Å². The SMILES string of the molecule is COC(=O)[C@@H](Cc1ccccc1C#N)NC(=O)c1ccc(NC(C)=O)cc1. The number of methoxy groups -OCH3 is 1. The van der Waals surface area contributed by atoms with Gasteiger partial charge in [0.05, 0.1) is 18.7 Å². The summed E-state index contributed by atoms with van der Waals surface area (Å²) in [7, 11) is 1.24. The van der Waals surface area contributed by atoms with Gasteiger partial charge < -0.3 is 15.4 Å². The van der Waals surface area contributed by atoms with Crippen LogP contribution in [-0.2, 0) is 20.7 Å². The van der Waals surface area contributed by atoms with Crippen LogP contribution in [0.15, 0.2) is 48.5 Å². The Morgan fingerprint density at radius 1 is 1.11 bits per heavy atom. The fourth-order valence-corrected chi connectivity index (χ4v) is 2.51. The predicted molar refractivity (Wildman–Crippen MR) is 98.9 cm³/mol. The monoisotopic (exact) mass is 365 g/mol. The highest BCUT2D eigenvalue weighted by Crippen LogP contribution is 2.13. The molecule has 0 aromatic heterocycles. The Kier molecular flexibility index (Phi) is 6.67. The van der Waals surface area contributed by atoms with Crippen molar-refractivity contribution in [1.29, 1.82) is 5.26 Å². The third-order valence-corrected chi connectivity index (χ3v) is 3.82. The van der Waals surface area contributed by atoms with E-state index in [2.05, 4.69) is 16.7 Å². The third kappa shape index (κ3) is 5.41. The number of benzene rings is 2. The van der Waals surface area contributed by atoms with Crippen LogP contribution in [0.1, 0.15) is 28.4 Å². The highest BCUT2D eigenvalue weighted by atomic mass is 16.5. The maximum absolute atomic E-state index is 12.5. The average molecular weight is 365 g/mol. The fourth-order valence-electron chi connectivity index (χ4n) is 2.51. The average Bonchev–Trinajstić information content (AvgIpc) is 2.67. The minimum absolute atomic E-state index is 0.131. The lowest BCUT2D eigenvalue weighted by molar-refractivity contribution is -0.142. The van der Waals surface area contributed by atoms with Crippen molar-refractivity contribution in [2.75, 3.05) is 12.4 Å². The van der Waals surface area contributed by atoms with Gasteiger partial charge in [0.25, 0.3) is 5.91 Å². The molecule has 138 valence electrons. The normalized spacial score (nSPS) is 11.0. The van der Waals surface area contributed by atoms with Crippen molar-refractivity contribution in [3.8, 4) is 6.07 Å². The van der Waals surface area contributed by atoms with Crippen LogP contribution in [-0.4, -0.2) is 30.9 Å². The number of anilines is 1. The molecule has 2 N–H and O–H groups in total. The van der Waals surface area contributed by atoms with Crippen LogP contribution < -0.4 is 10.6 Å². The van der Waals surface area contributed by atoms with E-state index in [1.54, 1.807) is 36.4 Å². The Hall–Kier alpha value is -3.66. The van der Waals surface area contributed by atoms with E-state index < -0.39 is 17.9 Å². The highest BCUT2D eigenvalue weighted by Gasteiger charge is 2.23. The molecule has 0 radical (unpaired) electrons. The molecule has 7 heteroatoms. The van der Waals surface area contributed by atoms with Crippen molar-refractivity contribution in [3.05, 3.63) is 65.2 Å². The molecule has 0 saturated heterocycles. The molecule has 0 bridgehead atoms. The topological polar surface area (TPSA) is 108 Å². The summed E-state index contributed by atoms with van der Waals surface area (Å²) in [4.78, 5) is 35.6. The summed E-state index contributed by atoms with van der Waals surface area (Å²) in [5.74, 6) is -1.28. The quantitative estimate of drug-likeness (QED) is 0.762. The minimum Gasteiger partial charge on any atom is -0.467 e. The number of nitrogens with one attached hydrogen (secondary N) is 2. The Balaban J connectivity index is 2.16. The van der Waals surface area contributed by atoms with Crippen molar-refractivity contribution < 1.29 is 19.1 Å². The van der Waals surface area contributed by atoms with Gasteiger partial charge in [-0.2, -0.15) is 5.26 Å². The maximum atomic E-state index is 12.5. The molecule has 2 aromatic carbocycles. The van der Waals surface area contributed by atoms with Gasteiger partial charge in [-0.15, -0.1) is 0 Å². The number of carbonyl (C=O) groups is 3. The molecule has 0 aliphatic heterocycles. The summed E-state index contributed by atoms with van der Waals surface area (Å²) in [6, 6.07) is 14.2. The second-order valence-corrected chi connectivity index (χ2v) is 5.78. The van der Waals surface area contributed by atoms with Crippen LogP contribution in [0.2, 0.25) is 0 Å². The van der Waals surface area contributed by atoms with Gasteiger partial charge in [-0.25, -0.2) is 4.79 Å². The van der Waals surface area contributed by atoms with Gasteiger partial charge in [0.2, 0.25) is 5.91 Å². The second kappa shape index (κ2) is 9.15. The van der Waals surface area contributed by atoms with Gasteiger partial charge in [0, 0.05) is 24.6 Å². The Labute approximate surface area is 156 Å².